The van der Waals surface area contributed by atoms with Crippen LogP contribution in [0.3, 0.4) is 0 Å². The molecule has 1 atom stereocenters. The van der Waals surface area contributed by atoms with Crippen molar-refractivity contribution in [3.63, 3.8) is 0 Å². The fraction of sp³-hybridized carbons (Fsp3) is 0.0714. The fourth-order valence-corrected chi connectivity index (χ4v) is 3.41. The highest BCUT2D eigenvalue weighted by molar-refractivity contribution is 7.54. The quantitative estimate of drug-likeness (QED) is 0.654. The number of carboxylic acids is 1. The van der Waals surface area contributed by atoms with Gasteiger partial charge < -0.3 is 9.63 Å². The Labute approximate surface area is 142 Å². The number of hydrogen-bond acceptors (Lipinski definition) is 3. The van der Waals surface area contributed by atoms with Gasteiger partial charge in [-0.1, -0.05) is 47.5 Å². The molecular weight excluding hydrogens is 364 g/mol. The van der Waals surface area contributed by atoms with Gasteiger partial charge in [0.1, 0.15) is 0 Å². The molecule has 0 aliphatic heterocycles. The van der Waals surface area contributed by atoms with E-state index in [-0.39, 0.29) is 27.9 Å². The number of halogens is 2. The highest BCUT2D eigenvalue weighted by atomic mass is 35.5. The van der Waals surface area contributed by atoms with Gasteiger partial charge in [-0.15, -0.1) is 0 Å². The molecule has 2 rings (SSSR count). The minimum absolute atomic E-state index is 0.0763. The molecule has 0 heterocycles. The zero-order chi connectivity index (χ0) is 17.0. The summed E-state index contributed by atoms with van der Waals surface area (Å²) in [6, 6.07) is 10.7. The Hall–Kier alpha value is -1.72. The molecule has 2 aromatic rings. The van der Waals surface area contributed by atoms with Gasteiger partial charge >= 0.3 is 13.7 Å². The number of rotatable bonds is 6. The van der Waals surface area contributed by atoms with Crippen molar-refractivity contribution in [1.29, 1.82) is 0 Å². The second-order valence-electron chi connectivity index (χ2n) is 4.50. The zero-order valence-electron chi connectivity index (χ0n) is 11.6. The first kappa shape index (κ1) is 17.6. The molecule has 122 valence electrons. The molecule has 0 saturated carbocycles. The third kappa shape index (κ3) is 4.88. The van der Waals surface area contributed by atoms with Gasteiger partial charge in [0.05, 0.1) is 16.5 Å². The van der Waals surface area contributed by atoms with Crippen molar-refractivity contribution in [1.82, 2.24) is 0 Å². The van der Waals surface area contributed by atoms with Crippen LogP contribution >= 0.6 is 30.9 Å². The number of nitrogens with one attached hydrogen (secondary N) is 1. The van der Waals surface area contributed by atoms with Crippen LogP contribution in [0.5, 0.6) is 5.75 Å². The highest BCUT2D eigenvalue weighted by Crippen LogP contribution is 2.47. The monoisotopic (exact) mass is 375 g/mol. The van der Waals surface area contributed by atoms with Gasteiger partial charge in [-0.05, 0) is 23.8 Å². The van der Waals surface area contributed by atoms with Crippen molar-refractivity contribution in [3.05, 3.63) is 58.1 Å². The van der Waals surface area contributed by atoms with Crippen molar-refractivity contribution < 1.29 is 23.9 Å². The first-order chi connectivity index (χ1) is 10.8. The Morgan fingerprint density at radius 3 is 2.35 bits per heavy atom. The van der Waals surface area contributed by atoms with Gasteiger partial charge in [-0.25, -0.2) is 4.57 Å². The molecular formula is C14H12Cl2NO5P. The predicted octanol–water partition coefficient (Wildman–Crippen LogP) is 4.21. The average molecular weight is 376 g/mol. The molecule has 0 radical (unpaired) electrons. The van der Waals surface area contributed by atoms with Crippen LogP contribution in [0.25, 0.3) is 0 Å². The summed E-state index contributed by atoms with van der Waals surface area (Å²) in [7, 11) is -4.37. The van der Waals surface area contributed by atoms with Crippen molar-refractivity contribution in [2.24, 2.45) is 0 Å². The molecule has 9 heteroatoms. The van der Waals surface area contributed by atoms with Crippen molar-refractivity contribution in [2.45, 2.75) is 6.42 Å². The van der Waals surface area contributed by atoms with E-state index in [1.54, 1.807) is 18.2 Å². The SMILES string of the molecule is O=C(O)Cc1ccccc1NP(=O)(O)Oc1c(Cl)cccc1Cl. The van der Waals surface area contributed by atoms with Crippen molar-refractivity contribution in [2.75, 3.05) is 5.09 Å². The minimum Gasteiger partial charge on any atom is -0.481 e. The number of benzene rings is 2. The molecule has 0 spiro atoms. The molecule has 0 aliphatic rings. The Balaban J connectivity index is 2.25. The van der Waals surface area contributed by atoms with E-state index in [1.807, 2.05) is 0 Å². The van der Waals surface area contributed by atoms with E-state index in [4.69, 9.17) is 32.8 Å². The Bertz CT molecular complexity index is 763. The van der Waals surface area contributed by atoms with Gasteiger partial charge in [0, 0.05) is 5.69 Å². The highest BCUT2D eigenvalue weighted by Gasteiger charge is 2.25. The third-order valence-electron chi connectivity index (χ3n) is 2.75. The van der Waals surface area contributed by atoms with Gasteiger partial charge in [0.15, 0.2) is 5.75 Å². The molecule has 3 N–H and O–H groups in total. The van der Waals surface area contributed by atoms with E-state index in [0.717, 1.165) is 0 Å². The van der Waals surface area contributed by atoms with Crippen molar-refractivity contribution >= 4 is 42.6 Å². The standard InChI is InChI=1S/C14H12Cl2NO5P/c15-10-5-3-6-11(16)14(10)22-23(20,21)17-12-7-2-1-4-9(12)8-13(18)19/h1-7H,8H2,(H,18,19)(H2,17,20,21). The molecule has 1 unspecified atom stereocenters. The summed E-state index contributed by atoms with van der Waals surface area (Å²) < 4.78 is 17.3. The van der Waals surface area contributed by atoms with E-state index in [2.05, 4.69) is 5.09 Å². The summed E-state index contributed by atoms with van der Waals surface area (Å²) >= 11 is 11.8. The van der Waals surface area contributed by atoms with E-state index in [9.17, 15) is 14.3 Å². The normalized spacial score (nSPS) is 13.2. The molecule has 0 aliphatic carbocycles. The van der Waals surface area contributed by atoms with Crippen LogP contribution in [0.15, 0.2) is 42.5 Å². The summed E-state index contributed by atoms with van der Waals surface area (Å²) in [6.45, 7) is 0. The zero-order valence-corrected chi connectivity index (χ0v) is 14.0. The fourth-order valence-electron chi connectivity index (χ4n) is 1.81. The number of para-hydroxylation sites is 2. The van der Waals surface area contributed by atoms with Crippen LogP contribution in [0, 0.1) is 0 Å². The maximum Gasteiger partial charge on any atom is 0.483 e. The molecule has 23 heavy (non-hydrogen) atoms. The third-order valence-corrected chi connectivity index (χ3v) is 4.30. The molecule has 0 fully saturated rings. The Kier molecular flexibility index (Phi) is 5.55. The molecule has 6 nitrogen and oxygen atoms in total. The summed E-state index contributed by atoms with van der Waals surface area (Å²) in [4.78, 5) is 20.8. The molecule has 0 amide bonds. The van der Waals surface area contributed by atoms with Crippen LogP contribution in [-0.4, -0.2) is 16.0 Å². The predicted molar refractivity (Wildman–Crippen MR) is 88.3 cm³/mol. The minimum atomic E-state index is -4.37. The van der Waals surface area contributed by atoms with E-state index in [0.29, 0.717) is 5.56 Å². The lowest BCUT2D eigenvalue weighted by Crippen LogP contribution is -2.08. The summed E-state index contributed by atoms with van der Waals surface area (Å²) in [5, 5.41) is 11.3. The number of carbonyl (C=O) groups is 1. The smallest absolute Gasteiger partial charge is 0.481 e. The molecule has 0 saturated heterocycles. The number of hydrogen-bond donors (Lipinski definition) is 3. The van der Waals surface area contributed by atoms with Crippen LogP contribution < -0.4 is 9.61 Å². The van der Waals surface area contributed by atoms with E-state index in [1.165, 1.54) is 24.3 Å². The first-order valence-corrected chi connectivity index (χ1v) is 8.66. The Morgan fingerprint density at radius 2 is 1.74 bits per heavy atom. The van der Waals surface area contributed by atoms with E-state index < -0.39 is 13.7 Å². The second-order valence-corrected chi connectivity index (χ2v) is 6.76. The molecule has 2 aromatic carbocycles. The summed E-state index contributed by atoms with van der Waals surface area (Å²) in [5.74, 6) is -1.20. The van der Waals surface area contributed by atoms with E-state index >= 15 is 0 Å². The molecule has 0 bridgehead atoms. The first-order valence-electron chi connectivity index (χ1n) is 6.33. The largest absolute Gasteiger partial charge is 0.483 e. The topological polar surface area (TPSA) is 95.9 Å². The van der Waals surface area contributed by atoms with Crippen molar-refractivity contribution in [3.8, 4) is 5.75 Å². The lowest BCUT2D eigenvalue weighted by molar-refractivity contribution is -0.136. The number of aliphatic carboxylic acids is 1. The van der Waals surface area contributed by atoms with Gasteiger partial charge in [0.2, 0.25) is 0 Å². The lowest BCUT2D eigenvalue weighted by Gasteiger charge is -2.18. The van der Waals surface area contributed by atoms with Gasteiger partial charge in [-0.2, -0.15) is 0 Å². The van der Waals surface area contributed by atoms with Crippen LogP contribution in [0.1, 0.15) is 5.56 Å². The van der Waals surface area contributed by atoms with Gasteiger partial charge in [0.25, 0.3) is 0 Å². The lowest BCUT2D eigenvalue weighted by atomic mass is 10.1. The number of anilines is 1. The maximum atomic E-state index is 12.3. The van der Waals surface area contributed by atoms with Gasteiger partial charge in [-0.3, -0.25) is 14.8 Å². The number of carboxylic acid groups (broad SMARTS) is 1. The van der Waals surface area contributed by atoms with Crippen LogP contribution in [0.2, 0.25) is 10.0 Å². The maximum absolute atomic E-state index is 12.3. The van der Waals surface area contributed by atoms with Crippen LogP contribution in [0.4, 0.5) is 5.69 Å². The average Bonchev–Trinajstić information content (AvgIpc) is 2.44. The summed E-state index contributed by atoms with van der Waals surface area (Å²) in [5.41, 5.74) is 0.507. The second kappa shape index (κ2) is 7.23. The van der Waals surface area contributed by atoms with Crippen LogP contribution in [-0.2, 0) is 15.8 Å². The molecule has 0 aromatic heterocycles. The Morgan fingerprint density at radius 1 is 1.13 bits per heavy atom. The summed E-state index contributed by atoms with van der Waals surface area (Å²) in [6.07, 6.45) is -0.310.